The number of imide groups is 2. The summed E-state index contributed by atoms with van der Waals surface area (Å²) in [7, 11) is 0.772. The maximum atomic E-state index is 13.7. The van der Waals surface area contributed by atoms with Crippen molar-refractivity contribution < 1.29 is 49.1 Å². The Bertz CT molecular complexity index is 4180. The number of aromatic nitrogens is 4. The number of hydrogen-bond acceptors (Lipinski definition) is 10. The molecule has 8 atom stereocenters. The molecular formula is C58H56N6O10Si. The smallest absolute Gasteiger partial charge is 0.262 e. The third-order valence-electron chi connectivity index (χ3n) is 17.4. The molecule has 2 fully saturated rings. The van der Waals surface area contributed by atoms with Gasteiger partial charge in [0.15, 0.2) is 8.32 Å². The van der Waals surface area contributed by atoms with Gasteiger partial charge in [-0.2, -0.15) is 0 Å². The molecule has 6 heterocycles. The number of carbonyl (C=O) groups is 4. The minimum absolute atomic E-state index is 0.0569. The van der Waals surface area contributed by atoms with E-state index in [0.29, 0.717) is 61.3 Å². The maximum absolute atomic E-state index is 13.7. The minimum atomic E-state index is -2.24. The van der Waals surface area contributed by atoms with E-state index in [9.17, 15) is 44.7 Å². The number of carbonyl (C=O) groups excluding carboxylic acids is 4. The van der Waals surface area contributed by atoms with E-state index in [4.69, 9.17) is 4.43 Å². The Hall–Kier alpha value is -7.22. The first-order valence-electron chi connectivity index (χ1n) is 25.4. The lowest BCUT2D eigenvalue weighted by Gasteiger charge is -2.39. The fourth-order valence-corrected chi connectivity index (χ4v) is 14.1. The van der Waals surface area contributed by atoms with E-state index in [-0.39, 0.29) is 35.1 Å². The van der Waals surface area contributed by atoms with Crippen LogP contribution in [0.3, 0.4) is 0 Å². The van der Waals surface area contributed by atoms with Crippen molar-refractivity contribution in [1.82, 2.24) is 28.9 Å². The average Bonchev–Trinajstić information content (AvgIpc) is 4.35. The predicted octanol–water partition coefficient (Wildman–Crippen LogP) is 8.39. The molecule has 75 heavy (non-hydrogen) atoms. The number of benzene rings is 6. The molecule has 0 radical (unpaired) electrons. The number of hydrogen-bond donors (Lipinski definition) is 7. The van der Waals surface area contributed by atoms with Gasteiger partial charge in [0.2, 0.25) is 0 Å². The van der Waals surface area contributed by atoms with Gasteiger partial charge in [-0.15, -0.1) is 0 Å². The first-order valence-corrected chi connectivity index (χ1v) is 28.3. The zero-order chi connectivity index (χ0) is 52.6. The molecule has 4 aliphatic rings. The van der Waals surface area contributed by atoms with Gasteiger partial charge in [-0.25, -0.2) is 0 Å². The van der Waals surface area contributed by atoms with Gasteiger partial charge in [0, 0.05) is 79.3 Å². The van der Waals surface area contributed by atoms with Crippen LogP contribution in [0.4, 0.5) is 0 Å². The van der Waals surface area contributed by atoms with Crippen LogP contribution in [0, 0.1) is 0 Å². The summed E-state index contributed by atoms with van der Waals surface area (Å²) in [5, 5.41) is 60.4. The number of aromatic amines is 2. The summed E-state index contributed by atoms with van der Waals surface area (Å²) >= 11 is 0. The molecule has 10 aromatic rings. The molecule has 2 aliphatic carbocycles. The third kappa shape index (κ3) is 6.31. The summed E-state index contributed by atoms with van der Waals surface area (Å²) in [6, 6.07) is 29.6. The first kappa shape index (κ1) is 47.5. The summed E-state index contributed by atoms with van der Waals surface area (Å²) in [5.74, 6) is -1.37. The second-order valence-corrected chi connectivity index (χ2v) is 27.2. The number of aliphatic hydroxyl groups is 5. The van der Waals surface area contributed by atoms with Crippen LogP contribution >= 0.6 is 0 Å². The second kappa shape index (κ2) is 16.1. The molecule has 14 rings (SSSR count). The SMILES string of the molecule is CN1C(=O)c2c(c3c4ccccc4n(C4C[C@H](O)[C@@H](O)[C@H]4O)c3c3[nH]c4ccccc4c23)C1=O.CN1C(=O)c2c(c3c4ccccc4n(C4C[C@H](O[Si](C)(C)C(C)(C)C)[C@@H](O)[C@H]4O)c3c3[nH]c4ccccc4c23)C1=O. The molecule has 2 aliphatic heterocycles. The fraction of sp³-hybridized carbons (Fsp3) is 0.310. The number of fused-ring (bicyclic) bond motifs is 20. The third-order valence-corrected chi connectivity index (χ3v) is 21.9. The fourth-order valence-electron chi connectivity index (χ4n) is 12.7. The van der Waals surface area contributed by atoms with Crippen LogP contribution < -0.4 is 0 Å². The summed E-state index contributed by atoms with van der Waals surface area (Å²) in [4.78, 5) is 63.3. The van der Waals surface area contributed by atoms with Crippen molar-refractivity contribution >= 4 is 119 Å². The molecule has 0 spiro atoms. The van der Waals surface area contributed by atoms with E-state index < -0.39 is 57.0 Å². The lowest BCUT2D eigenvalue weighted by atomic mass is 9.96. The highest BCUT2D eigenvalue weighted by atomic mass is 28.4. The van der Waals surface area contributed by atoms with E-state index >= 15 is 0 Å². The van der Waals surface area contributed by atoms with Crippen molar-refractivity contribution in [3.8, 4) is 0 Å². The Morgan fingerprint density at radius 2 is 0.880 bits per heavy atom. The topological polar surface area (TPSA) is 227 Å². The Kier molecular flexibility index (Phi) is 10.2. The molecule has 7 N–H and O–H groups in total. The number of aliphatic hydroxyl groups excluding tert-OH is 5. The van der Waals surface area contributed by atoms with Crippen molar-refractivity contribution in [2.24, 2.45) is 0 Å². The van der Waals surface area contributed by atoms with Crippen LogP contribution in [0.1, 0.15) is 87.1 Å². The highest BCUT2D eigenvalue weighted by Crippen LogP contribution is 2.51. The second-order valence-electron chi connectivity index (χ2n) is 22.5. The molecule has 4 aromatic heterocycles. The van der Waals surface area contributed by atoms with E-state index in [1.54, 1.807) is 0 Å². The number of H-pyrrole nitrogens is 2. The number of nitrogens with one attached hydrogen (secondary N) is 2. The van der Waals surface area contributed by atoms with Gasteiger partial charge in [-0.3, -0.25) is 29.0 Å². The summed E-state index contributed by atoms with van der Waals surface area (Å²) in [6.45, 7) is 10.8. The summed E-state index contributed by atoms with van der Waals surface area (Å²) < 4.78 is 10.6. The number of rotatable bonds is 4. The van der Waals surface area contributed by atoms with Gasteiger partial charge < -0.3 is 49.1 Å². The van der Waals surface area contributed by atoms with Crippen LogP contribution in [-0.4, -0.2) is 137 Å². The van der Waals surface area contributed by atoms with E-state index in [1.807, 2.05) is 102 Å². The van der Waals surface area contributed by atoms with Crippen molar-refractivity contribution in [1.29, 1.82) is 0 Å². The van der Waals surface area contributed by atoms with Crippen LogP contribution in [0.25, 0.3) is 87.2 Å². The van der Waals surface area contributed by atoms with Crippen LogP contribution in [-0.2, 0) is 4.43 Å². The summed E-state index contributed by atoms with van der Waals surface area (Å²) in [5.41, 5.74) is 7.64. The largest absolute Gasteiger partial charge is 0.411 e. The number of para-hydroxylation sites is 4. The van der Waals surface area contributed by atoms with Gasteiger partial charge in [0.05, 0.1) is 68.6 Å². The standard InChI is InChI=1S/C32H35N3O5Si.C26H21N3O5/c1-32(2,3)41(5,6)40-21-15-20(28(36)29(21)37)35-19-14-10-8-12-17(19)23-25-24(30(38)34(4)31(25)39)22-16-11-7-9-13-18(16)33-26(22)27(23)35;1-28-25(33)19-17-11-6-2-4-8-13(11)27-21(17)22-18(20(19)26(28)34)12-7-3-5-9-14(12)29(22)15-10-16(30)24(32)23(15)31/h7-14,20-21,28-29,33,36-37H,15H2,1-6H3;2-9,15-16,23-24,27,30-32H,10H2,1H3/t20?,21-,28-,29+;15?,16-,23-,24+/m00/s1. The predicted molar refractivity (Wildman–Crippen MR) is 290 cm³/mol. The molecule has 0 bridgehead atoms. The monoisotopic (exact) mass is 1020 g/mol. The van der Waals surface area contributed by atoms with Gasteiger partial charge in [0.1, 0.15) is 24.4 Å². The lowest BCUT2D eigenvalue weighted by Crippen LogP contribution is -2.46. The Labute approximate surface area is 429 Å². The van der Waals surface area contributed by atoms with Gasteiger partial charge in [0.25, 0.3) is 23.6 Å². The van der Waals surface area contributed by atoms with E-state index in [1.165, 1.54) is 19.0 Å². The number of nitrogens with zero attached hydrogens (tertiary/aromatic N) is 4. The quantitative estimate of drug-likeness (QED) is 0.0658. The van der Waals surface area contributed by atoms with E-state index in [0.717, 1.165) is 59.5 Å². The van der Waals surface area contributed by atoms with Gasteiger partial charge in [-0.05, 0) is 55.2 Å². The zero-order valence-electron chi connectivity index (χ0n) is 42.3. The van der Waals surface area contributed by atoms with Crippen molar-refractivity contribution in [2.45, 2.75) is 100 Å². The van der Waals surface area contributed by atoms with E-state index in [2.05, 4.69) is 48.4 Å². The van der Waals surface area contributed by atoms with Gasteiger partial charge >= 0.3 is 0 Å². The van der Waals surface area contributed by atoms with Crippen molar-refractivity contribution in [2.75, 3.05) is 14.1 Å². The normalized spacial score (nSPS) is 24.3. The van der Waals surface area contributed by atoms with Crippen LogP contribution in [0.2, 0.25) is 18.1 Å². The van der Waals surface area contributed by atoms with Crippen LogP contribution in [0.15, 0.2) is 97.1 Å². The minimum Gasteiger partial charge on any atom is -0.411 e. The maximum Gasteiger partial charge on any atom is 0.262 e. The molecule has 4 amide bonds. The molecular weight excluding hydrogens is 969 g/mol. The Balaban J connectivity index is 0.000000147. The zero-order valence-corrected chi connectivity index (χ0v) is 43.3. The summed E-state index contributed by atoms with van der Waals surface area (Å²) in [6.07, 6.45) is -5.66. The highest BCUT2D eigenvalue weighted by molar-refractivity contribution is 6.74. The van der Waals surface area contributed by atoms with Gasteiger partial charge in [-0.1, -0.05) is 93.6 Å². The molecule has 2 unspecified atom stereocenters. The van der Waals surface area contributed by atoms with Crippen molar-refractivity contribution in [3.63, 3.8) is 0 Å². The van der Waals surface area contributed by atoms with Crippen LogP contribution in [0.5, 0.6) is 0 Å². The number of amides is 4. The first-order chi connectivity index (χ1) is 35.7. The lowest BCUT2D eigenvalue weighted by molar-refractivity contribution is -0.0241. The molecule has 16 nitrogen and oxygen atoms in total. The average molecular weight is 1030 g/mol. The Morgan fingerprint density at radius 1 is 0.507 bits per heavy atom. The highest BCUT2D eigenvalue weighted by Gasteiger charge is 2.50. The van der Waals surface area contributed by atoms with Crippen molar-refractivity contribution in [3.05, 3.63) is 119 Å². The molecule has 17 heteroatoms. The Morgan fingerprint density at radius 3 is 1.29 bits per heavy atom. The molecule has 6 aromatic carbocycles. The molecule has 0 saturated heterocycles. The molecule has 382 valence electrons. The molecule has 2 saturated carbocycles.